The van der Waals surface area contributed by atoms with Gasteiger partial charge in [-0.3, -0.25) is 0 Å². The van der Waals surface area contributed by atoms with Gasteiger partial charge in [0.05, 0.1) is 5.69 Å². The van der Waals surface area contributed by atoms with Crippen LogP contribution >= 0.6 is 0 Å². The number of hydrogen-bond acceptors (Lipinski definition) is 2. The quantitative estimate of drug-likeness (QED) is 0.796. The van der Waals surface area contributed by atoms with Gasteiger partial charge in [0.25, 0.3) is 0 Å². The predicted octanol–water partition coefficient (Wildman–Crippen LogP) is 2.57. The zero-order valence-corrected chi connectivity index (χ0v) is 9.08. The Kier molecular flexibility index (Phi) is 2.75. The normalized spacial score (nSPS) is 16.7. The summed E-state index contributed by atoms with van der Waals surface area (Å²) >= 11 is 0. The lowest BCUT2D eigenvalue weighted by Crippen LogP contribution is -2.28. The van der Waals surface area contributed by atoms with Crippen LogP contribution in [0.25, 0.3) is 0 Å². The number of nitrogens with one attached hydrogen (secondary N) is 1. The van der Waals surface area contributed by atoms with Crippen LogP contribution < -0.4 is 5.32 Å². The second kappa shape index (κ2) is 4.03. The van der Waals surface area contributed by atoms with Crippen LogP contribution in [-0.2, 0) is 6.54 Å². The average Bonchev–Trinajstić information content (AvgIpc) is 2.40. The second-order valence-corrected chi connectivity index (χ2v) is 4.17. The summed E-state index contributed by atoms with van der Waals surface area (Å²) in [6.07, 6.45) is 7.26. The van der Waals surface area contributed by atoms with E-state index < -0.39 is 0 Å². The van der Waals surface area contributed by atoms with Crippen molar-refractivity contribution in [1.82, 2.24) is 9.55 Å². The summed E-state index contributed by atoms with van der Waals surface area (Å²) in [7, 11) is 0. The second-order valence-electron chi connectivity index (χ2n) is 4.17. The van der Waals surface area contributed by atoms with Crippen molar-refractivity contribution >= 4 is 5.95 Å². The van der Waals surface area contributed by atoms with Crippen molar-refractivity contribution < 1.29 is 0 Å². The zero-order chi connectivity index (χ0) is 9.97. The van der Waals surface area contributed by atoms with Crippen molar-refractivity contribution in [3.05, 3.63) is 11.9 Å². The highest BCUT2D eigenvalue weighted by atomic mass is 15.2. The van der Waals surface area contributed by atoms with Gasteiger partial charge in [0.2, 0.25) is 5.95 Å². The molecule has 0 spiro atoms. The highest BCUT2D eigenvalue weighted by molar-refractivity contribution is 5.30. The van der Waals surface area contributed by atoms with E-state index in [1.807, 2.05) is 0 Å². The largest absolute Gasteiger partial charge is 0.353 e. The molecular formula is C11H19N3. The first-order valence-corrected chi connectivity index (χ1v) is 5.60. The van der Waals surface area contributed by atoms with Crippen molar-refractivity contribution in [2.24, 2.45) is 0 Å². The number of anilines is 1. The predicted molar refractivity (Wildman–Crippen MR) is 58.5 cm³/mol. The zero-order valence-electron chi connectivity index (χ0n) is 9.08. The van der Waals surface area contributed by atoms with Gasteiger partial charge in [-0.15, -0.1) is 0 Å². The Labute approximate surface area is 85.5 Å². The number of rotatable bonds is 4. The molecule has 78 valence electrons. The molecule has 1 aliphatic rings. The molecule has 1 aromatic rings. The van der Waals surface area contributed by atoms with Crippen LogP contribution in [0.5, 0.6) is 0 Å². The molecule has 0 radical (unpaired) electrons. The van der Waals surface area contributed by atoms with Gasteiger partial charge >= 0.3 is 0 Å². The van der Waals surface area contributed by atoms with Gasteiger partial charge in [-0.1, -0.05) is 6.92 Å². The lowest BCUT2D eigenvalue weighted by Gasteiger charge is -2.27. The first kappa shape index (κ1) is 9.56. The molecular weight excluding hydrogens is 174 g/mol. The molecule has 1 saturated carbocycles. The average molecular weight is 193 g/mol. The highest BCUT2D eigenvalue weighted by Gasteiger charge is 2.18. The monoisotopic (exact) mass is 193 g/mol. The standard InChI is InChI=1S/C11H19N3/c1-3-7-14-8-9(2)12-11(14)13-10-5-4-6-10/h8,10H,3-7H2,1-2H3,(H,12,13). The Bertz CT molecular complexity index is 299. The Balaban J connectivity index is 2.05. The summed E-state index contributed by atoms with van der Waals surface area (Å²) in [6, 6.07) is 0.674. The van der Waals surface area contributed by atoms with Gasteiger partial charge in [-0.05, 0) is 32.6 Å². The number of aryl methyl sites for hydroxylation is 2. The molecule has 1 heterocycles. The third kappa shape index (κ3) is 1.91. The highest BCUT2D eigenvalue weighted by Crippen LogP contribution is 2.22. The van der Waals surface area contributed by atoms with Crippen molar-refractivity contribution in [2.75, 3.05) is 5.32 Å². The summed E-state index contributed by atoms with van der Waals surface area (Å²) in [5.41, 5.74) is 1.11. The molecule has 3 nitrogen and oxygen atoms in total. The Morgan fingerprint density at radius 2 is 2.36 bits per heavy atom. The summed E-state index contributed by atoms with van der Waals surface area (Å²) in [5.74, 6) is 1.06. The van der Waals surface area contributed by atoms with Crippen LogP contribution in [0.4, 0.5) is 5.95 Å². The molecule has 0 bridgehead atoms. The third-order valence-electron chi connectivity index (χ3n) is 2.80. The van der Waals surface area contributed by atoms with Crippen molar-refractivity contribution in [3.63, 3.8) is 0 Å². The molecule has 2 rings (SSSR count). The lowest BCUT2D eigenvalue weighted by atomic mass is 9.93. The molecule has 0 saturated heterocycles. The van der Waals surface area contributed by atoms with E-state index in [1.165, 1.54) is 19.3 Å². The first-order chi connectivity index (χ1) is 6.79. The molecule has 0 atom stereocenters. The van der Waals surface area contributed by atoms with E-state index in [2.05, 4.69) is 34.9 Å². The van der Waals surface area contributed by atoms with Gasteiger partial charge in [0.15, 0.2) is 0 Å². The van der Waals surface area contributed by atoms with Crippen LogP contribution in [0.15, 0.2) is 6.20 Å². The van der Waals surface area contributed by atoms with Gasteiger partial charge in [0.1, 0.15) is 0 Å². The fourth-order valence-electron chi connectivity index (χ4n) is 1.81. The molecule has 0 unspecified atom stereocenters. The van der Waals surface area contributed by atoms with E-state index in [9.17, 15) is 0 Å². The van der Waals surface area contributed by atoms with Gasteiger partial charge in [0, 0.05) is 18.8 Å². The summed E-state index contributed by atoms with van der Waals surface area (Å²) in [6.45, 7) is 5.32. The summed E-state index contributed by atoms with van der Waals surface area (Å²) < 4.78 is 2.23. The van der Waals surface area contributed by atoms with E-state index in [0.29, 0.717) is 6.04 Å². The number of imidazole rings is 1. The molecule has 1 N–H and O–H groups in total. The maximum absolute atomic E-state index is 4.50. The Morgan fingerprint density at radius 1 is 1.57 bits per heavy atom. The van der Waals surface area contributed by atoms with Crippen molar-refractivity contribution in [1.29, 1.82) is 0 Å². The molecule has 0 aliphatic heterocycles. The van der Waals surface area contributed by atoms with Gasteiger partial charge in [-0.25, -0.2) is 4.98 Å². The molecule has 1 aliphatic carbocycles. The minimum Gasteiger partial charge on any atom is -0.353 e. The smallest absolute Gasteiger partial charge is 0.203 e. The summed E-state index contributed by atoms with van der Waals surface area (Å²) in [4.78, 5) is 4.50. The third-order valence-corrected chi connectivity index (χ3v) is 2.80. The first-order valence-electron chi connectivity index (χ1n) is 5.60. The molecule has 0 amide bonds. The van der Waals surface area contributed by atoms with Crippen molar-refractivity contribution in [3.8, 4) is 0 Å². The fraction of sp³-hybridized carbons (Fsp3) is 0.727. The van der Waals surface area contributed by atoms with Crippen LogP contribution in [-0.4, -0.2) is 15.6 Å². The Morgan fingerprint density at radius 3 is 2.93 bits per heavy atom. The SMILES string of the molecule is CCCn1cc(C)nc1NC1CCC1. The topological polar surface area (TPSA) is 29.9 Å². The van der Waals surface area contributed by atoms with E-state index in [-0.39, 0.29) is 0 Å². The van der Waals surface area contributed by atoms with E-state index in [4.69, 9.17) is 0 Å². The van der Waals surface area contributed by atoms with Crippen molar-refractivity contribution in [2.45, 2.75) is 52.1 Å². The molecule has 1 aromatic heterocycles. The fourth-order valence-corrected chi connectivity index (χ4v) is 1.81. The Hall–Kier alpha value is -0.990. The molecule has 3 heteroatoms. The minimum atomic E-state index is 0.674. The number of hydrogen-bond donors (Lipinski definition) is 1. The van der Waals surface area contributed by atoms with E-state index in [1.54, 1.807) is 0 Å². The number of aromatic nitrogens is 2. The summed E-state index contributed by atoms with van der Waals surface area (Å²) in [5, 5.41) is 3.50. The van der Waals surface area contributed by atoms with Crippen LogP contribution in [0.1, 0.15) is 38.3 Å². The van der Waals surface area contributed by atoms with E-state index >= 15 is 0 Å². The maximum atomic E-state index is 4.50. The van der Waals surface area contributed by atoms with Crippen LogP contribution in [0.3, 0.4) is 0 Å². The maximum Gasteiger partial charge on any atom is 0.203 e. The number of nitrogens with zero attached hydrogens (tertiary/aromatic N) is 2. The molecule has 14 heavy (non-hydrogen) atoms. The van der Waals surface area contributed by atoms with Crippen LogP contribution in [0.2, 0.25) is 0 Å². The minimum absolute atomic E-state index is 0.674. The lowest BCUT2D eigenvalue weighted by molar-refractivity contribution is 0.440. The van der Waals surface area contributed by atoms with E-state index in [0.717, 1.165) is 24.6 Å². The molecule has 0 aromatic carbocycles. The van der Waals surface area contributed by atoms with Crippen LogP contribution in [0, 0.1) is 6.92 Å². The van der Waals surface area contributed by atoms with Gasteiger partial charge in [-0.2, -0.15) is 0 Å². The van der Waals surface area contributed by atoms with Gasteiger partial charge < -0.3 is 9.88 Å². The molecule has 1 fully saturated rings.